The van der Waals surface area contributed by atoms with Gasteiger partial charge in [0.2, 0.25) is 0 Å². The summed E-state index contributed by atoms with van der Waals surface area (Å²) in [5.74, 6) is 2.05. The fourth-order valence-corrected chi connectivity index (χ4v) is 5.04. The molecule has 0 unspecified atom stereocenters. The van der Waals surface area contributed by atoms with Crippen LogP contribution in [-0.4, -0.2) is 47.1 Å². The highest BCUT2D eigenvalue weighted by Crippen LogP contribution is 2.32. The minimum Gasteiger partial charge on any atom is -0.353 e. The van der Waals surface area contributed by atoms with Gasteiger partial charge >= 0.3 is 0 Å². The third-order valence-corrected chi connectivity index (χ3v) is 6.26. The van der Waals surface area contributed by atoms with E-state index in [1.54, 1.807) is 11.3 Å². The van der Waals surface area contributed by atoms with Crippen LogP contribution in [0.2, 0.25) is 0 Å². The van der Waals surface area contributed by atoms with Crippen LogP contribution in [0, 0.1) is 13.8 Å². The number of nitrogens with zero attached hydrogens (tertiary/aromatic N) is 4. The average Bonchev–Trinajstić information content (AvgIpc) is 2.95. The predicted molar refractivity (Wildman–Crippen MR) is 97.5 cm³/mol. The molecule has 5 heteroatoms. The topological polar surface area (TPSA) is 32.3 Å². The number of thiophene rings is 1. The van der Waals surface area contributed by atoms with E-state index >= 15 is 0 Å². The zero-order chi connectivity index (χ0) is 15.8. The van der Waals surface area contributed by atoms with Crippen molar-refractivity contribution in [3.05, 3.63) is 16.8 Å². The minimum absolute atomic E-state index is 0.835. The third-order valence-electron chi connectivity index (χ3n) is 5.31. The van der Waals surface area contributed by atoms with Crippen LogP contribution in [0.1, 0.15) is 42.8 Å². The van der Waals surface area contributed by atoms with Crippen molar-refractivity contribution < 1.29 is 0 Å². The summed E-state index contributed by atoms with van der Waals surface area (Å²) in [4.78, 5) is 17.0. The van der Waals surface area contributed by atoms with Gasteiger partial charge in [-0.25, -0.2) is 9.97 Å². The van der Waals surface area contributed by atoms with Gasteiger partial charge in [0, 0.05) is 37.1 Å². The van der Waals surface area contributed by atoms with E-state index < -0.39 is 0 Å². The average molecular weight is 331 g/mol. The molecule has 2 aliphatic rings. The standard InChI is InChI=1S/C18H26N4S/c1-13-12-16-17(19-14(2)20-18(16)23-13)22-10-8-21(9-11-22)15-6-4-3-5-7-15/h12,15H,3-11H2,1-2H3. The second kappa shape index (κ2) is 6.36. The molecule has 3 heterocycles. The summed E-state index contributed by atoms with van der Waals surface area (Å²) in [7, 11) is 0. The lowest BCUT2D eigenvalue weighted by Gasteiger charge is -2.41. The molecule has 0 bridgehead atoms. The van der Waals surface area contributed by atoms with E-state index in [2.05, 4.69) is 27.8 Å². The quantitative estimate of drug-likeness (QED) is 0.839. The molecule has 4 rings (SSSR count). The molecule has 0 radical (unpaired) electrons. The Morgan fingerprint density at radius 1 is 1.00 bits per heavy atom. The summed E-state index contributed by atoms with van der Waals surface area (Å²) in [6.45, 7) is 8.72. The molecule has 0 atom stereocenters. The number of aromatic nitrogens is 2. The fraction of sp³-hybridized carbons (Fsp3) is 0.667. The highest BCUT2D eigenvalue weighted by atomic mass is 32.1. The molecule has 0 amide bonds. The lowest BCUT2D eigenvalue weighted by Crippen LogP contribution is -2.51. The Balaban J connectivity index is 1.52. The lowest BCUT2D eigenvalue weighted by molar-refractivity contribution is 0.148. The monoisotopic (exact) mass is 330 g/mol. The van der Waals surface area contributed by atoms with Gasteiger partial charge in [0.05, 0.1) is 5.39 Å². The maximum atomic E-state index is 4.78. The Bertz CT molecular complexity index is 682. The van der Waals surface area contributed by atoms with E-state index in [0.29, 0.717) is 0 Å². The van der Waals surface area contributed by atoms with Crippen molar-refractivity contribution >= 4 is 27.4 Å². The normalized spacial score (nSPS) is 21.2. The van der Waals surface area contributed by atoms with Gasteiger partial charge in [-0.05, 0) is 32.8 Å². The predicted octanol–water partition coefficient (Wildman–Crippen LogP) is 3.76. The van der Waals surface area contributed by atoms with Crippen molar-refractivity contribution in [2.45, 2.75) is 52.0 Å². The fourth-order valence-electron chi connectivity index (χ4n) is 4.12. The molecule has 1 aliphatic heterocycles. The molecular formula is C18H26N4S. The van der Waals surface area contributed by atoms with Gasteiger partial charge < -0.3 is 4.90 Å². The smallest absolute Gasteiger partial charge is 0.141 e. The van der Waals surface area contributed by atoms with E-state index in [4.69, 9.17) is 4.98 Å². The summed E-state index contributed by atoms with van der Waals surface area (Å²) in [6.07, 6.45) is 7.09. The number of hydrogen-bond acceptors (Lipinski definition) is 5. The molecule has 1 saturated carbocycles. The first-order valence-corrected chi connectivity index (χ1v) is 9.76. The molecule has 2 fully saturated rings. The summed E-state index contributed by atoms with van der Waals surface area (Å²) < 4.78 is 0. The Morgan fingerprint density at radius 3 is 2.48 bits per heavy atom. The van der Waals surface area contributed by atoms with Crippen molar-refractivity contribution in [1.29, 1.82) is 0 Å². The van der Waals surface area contributed by atoms with Gasteiger partial charge in [-0.15, -0.1) is 11.3 Å². The molecule has 124 valence electrons. The van der Waals surface area contributed by atoms with Crippen LogP contribution in [0.5, 0.6) is 0 Å². The van der Waals surface area contributed by atoms with E-state index in [0.717, 1.165) is 35.6 Å². The first-order chi connectivity index (χ1) is 11.2. The van der Waals surface area contributed by atoms with Gasteiger partial charge in [-0.2, -0.15) is 0 Å². The molecule has 0 aromatic carbocycles. The number of fused-ring (bicyclic) bond motifs is 1. The molecular weight excluding hydrogens is 304 g/mol. The third kappa shape index (κ3) is 3.09. The molecule has 23 heavy (non-hydrogen) atoms. The van der Waals surface area contributed by atoms with Crippen LogP contribution >= 0.6 is 11.3 Å². The van der Waals surface area contributed by atoms with Crippen LogP contribution in [0.15, 0.2) is 6.07 Å². The molecule has 2 aromatic heterocycles. The number of anilines is 1. The maximum absolute atomic E-state index is 4.78. The first kappa shape index (κ1) is 15.3. The summed E-state index contributed by atoms with van der Waals surface area (Å²) in [5, 5.41) is 1.24. The Morgan fingerprint density at radius 2 is 1.74 bits per heavy atom. The molecule has 4 nitrogen and oxygen atoms in total. The zero-order valence-electron chi connectivity index (χ0n) is 14.2. The van der Waals surface area contributed by atoms with Gasteiger partial charge in [-0.1, -0.05) is 19.3 Å². The Kier molecular flexibility index (Phi) is 4.24. The lowest BCUT2D eigenvalue weighted by atomic mass is 9.94. The highest BCUT2D eigenvalue weighted by Gasteiger charge is 2.26. The van der Waals surface area contributed by atoms with E-state index in [-0.39, 0.29) is 0 Å². The maximum Gasteiger partial charge on any atom is 0.141 e. The molecule has 0 N–H and O–H groups in total. The number of hydrogen-bond donors (Lipinski definition) is 0. The first-order valence-electron chi connectivity index (χ1n) is 8.94. The summed E-state index contributed by atoms with van der Waals surface area (Å²) >= 11 is 1.78. The van der Waals surface area contributed by atoms with E-state index in [1.807, 2.05) is 6.92 Å². The van der Waals surface area contributed by atoms with Crippen LogP contribution in [0.4, 0.5) is 5.82 Å². The van der Waals surface area contributed by atoms with Crippen LogP contribution in [0.3, 0.4) is 0 Å². The van der Waals surface area contributed by atoms with Crippen molar-refractivity contribution in [2.24, 2.45) is 0 Å². The minimum atomic E-state index is 0.835. The molecule has 2 aromatic rings. The Hall–Kier alpha value is -1.20. The second-order valence-corrected chi connectivity index (χ2v) is 8.22. The molecule has 1 aliphatic carbocycles. The van der Waals surface area contributed by atoms with Gasteiger partial charge in [0.15, 0.2) is 0 Å². The zero-order valence-corrected chi connectivity index (χ0v) is 15.0. The second-order valence-electron chi connectivity index (χ2n) is 6.99. The van der Waals surface area contributed by atoms with Crippen LogP contribution < -0.4 is 4.90 Å². The number of piperazine rings is 1. The van der Waals surface area contributed by atoms with Gasteiger partial charge in [0.1, 0.15) is 16.5 Å². The van der Waals surface area contributed by atoms with Crippen molar-refractivity contribution in [3.8, 4) is 0 Å². The van der Waals surface area contributed by atoms with Gasteiger partial charge in [0.25, 0.3) is 0 Å². The van der Waals surface area contributed by atoms with Crippen molar-refractivity contribution in [2.75, 3.05) is 31.1 Å². The SMILES string of the molecule is Cc1nc(N2CCN(C3CCCCC3)CC2)c2cc(C)sc2n1. The summed E-state index contributed by atoms with van der Waals surface area (Å²) in [6, 6.07) is 3.09. The molecule has 1 saturated heterocycles. The van der Waals surface area contributed by atoms with Gasteiger partial charge in [-0.3, -0.25) is 4.90 Å². The van der Waals surface area contributed by atoms with Crippen LogP contribution in [-0.2, 0) is 0 Å². The largest absolute Gasteiger partial charge is 0.353 e. The van der Waals surface area contributed by atoms with Crippen molar-refractivity contribution in [3.63, 3.8) is 0 Å². The van der Waals surface area contributed by atoms with Crippen molar-refractivity contribution in [1.82, 2.24) is 14.9 Å². The van der Waals surface area contributed by atoms with E-state index in [9.17, 15) is 0 Å². The summed E-state index contributed by atoms with van der Waals surface area (Å²) in [5.41, 5.74) is 0. The highest BCUT2D eigenvalue weighted by molar-refractivity contribution is 7.18. The number of rotatable bonds is 2. The molecule has 0 spiro atoms. The number of aryl methyl sites for hydroxylation is 2. The Labute approximate surface area is 142 Å². The van der Waals surface area contributed by atoms with Crippen LogP contribution in [0.25, 0.3) is 10.2 Å². The van der Waals surface area contributed by atoms with E-state index in [1.165, 1.54) is 55.5 Å².